The Bertz CT molecular complexity index is 632. The van der Waals surface area contributed by atoms with Crippen LogP contribution in [0.15, 0.2) is 35.2 Å². The largest absolute Gasteiger partial charge is 0.416 e. The molecule has 0 amide bonds. The molecule has 0 bridgehead atoms. The van der Waals surface area contributed by atoms with Crippen molar-refractivity contribution in [2.45, 2.75) is 12.1 Å². The third-order valence-electron chi connectivity index (χ3n) is 3.35. The van der Waals surface area contributed by atoms with Gasteiger partial charge in [0.05, 0.1) is 11.9 Å². The molecular weight excluding hydrogens is 335 g/mol. The molecule has 1 N–H and O–H groups in total. The maximum atomic E-state index is 12.9. The second-order valence-corrected chi connectivity index (χ2v) is 5.66. The number of benzene rings is 1. The Morgan fingerprint density at radius 2 is 2.00 bits per heavy atom. The van der Waals surface area contributed by atoms with E-state index in [0.29, 0.717) is 16.1 Å². The monoisotopic (exact) mass is 345 g/mol. The molecule has 20 heavy (non-hydrogen) atoms. The van der Waals surface area contributed by atoms with Gasteiger partial charge in [0.25, 0.3) is 0 Å². The zero-order valence-electron chi connectivity index (χ0n) is 10.3. The Kier molecular flexibility index (Phi) is 3.33. The summed E-state index contributed by atoms with van der Waals surface area (Å²) in [6.07, 6.45) is -1.10. The van der Waals surface area contributed by atoms with Gasteiger partial charge in [0, 0.05) is 41.1 Å². The van der Waals surface area contributed by atoms with Crippen molar-refractivity contribution in [2.75, 3.05) is 13.1 Å². The van der Waals surface area contributed by atoms with Gasteiger partial charge >= 0.3 is 6.18 Å². The Hall–Kier alpha value is -1.34. The highest BCUT2D eigenvalue weighted by Gasteiger charge is 2.31. The number of aromatic nitrogens is 2. The lowest BCUT2D eigenvalue weighted by Crippen LogP contribution is -2.40. The number of hydrogen-bond donors (Lipinski definition) is 1. The normalized spacial score (nSPS) is 16.2. The van der Waals surface area contributed by atoms with Crippen molar-refractivity contribution in [3.05, 3.63) is 46.5 Å². The van der Waals surface area contributed by atoms with Crippen molar-refractivity contribution in [3.8, 4) is 5.69 Å². The predicted molar refractivity (Wildman–Crippen MR) is 71.9 cm³/mol. The van der Waals surface area contributed by atoms with E-state index in [2.05, 4.69) is 26.2 Å². The summed E-state index contributed by atoms with van der Waals surface area (Å²) in [4.78, 5) is 4.06. The number of rotatable bonds is 2. The van der Waals surface area contributed by atoms with E-state index in [0.717, 1.165) is 30.9 Å². The highest BCUT2D eigenvalue weighted by atomic mass is 79.9. The van der Waals surface area contributed by atoms with Crippen LogP contribution in [-0.4, -0.2) is 22.6 Å². The van der Waals surface area contributed by atoms with Crippen LogP contribution in [-0.2, 0) is 6.18 Å². The van der Waals surface area contributed by atoms with Crippen LogP contribution in [0, 0.1) is 0 Å². The van der Waals surface area contributed by atoms with E-state index in [4.69, 9.17) is 0 Å². The summed E-state index contributed by atoms with van der Waals surface area (Å²) in [6.45, 7) is 1.65. The maximum absolute atomic E-state index is 12.9. The summed E-state index contributed by atoms with van der Waals surface area (Å²) in [5.41, 5.74) is 0.717. The van der Waals surface area contributed by atoms with E-state index < -0.39 is 11.7 Å². The number of nitrogens with one attached hydrogen (secondary N) is 1. The number of nitrogens with zero attached hydrogens (tertiary/aromatic N) is 2. The summed E-state index contributed by atoms with van der Waals surface area (Å²) in [7, 11) is 0. The third kappa shape index (κ3) is 2.47. The van der Waals surface area contributed by atoms with Crippen LogP contribution in [0.1, 0.15) is 17.2 Å². The number of alkyl halides is 3. The first-order valence-electron chi connectivity index (χ1n) is 6.06. The summed E-state index contributed by atoms with van der Waals surface area (Å²) in [5, 5.41) is 3.14. The lowest BCUT2D eigenvalue weighted by molar-refractivity contribution is -0.137. The molecule has 2 aromatic rings. The molecule has 0 unspecified atom stereocenters. The summed E-state index contributed by atoms with van der Waals surface area (Å²) >= 11 is 3.14. The highest BCUT2D eigenvalue weighted by molar-refractivity contribution is 9.10. The Labute approximate surface area is 121 Å². The molecule has 3 rings (SSSR count). The van der Waals surface area contributed by atoms with E-state index in [1.54, 1.807) is 23.2 Å². The summed E-state index contributed by atoms with van der Waals surface area (Å²) < 4.78 is 40.7. The fraction of sp³-hybridized carbons (Fsp3) is 0.308. The van der Waals surface area contributed by atoms with Gasteiger partial charge in [-0.2, -0.15) is 13.2 Å². The lowest BCUT2D eigenvalue weighted by Gasteiger charge is -2.28. The smallest absolute Gasteiger partial charge is 0.315 e. The minimum absolute atomic E-state index is 0.297. The van der Waals surface area contributed by atoms with Crippen molar-refractivity contribution in [1.82, 2.24) is 14.9 Å². The van der Waals surface area contributed by atoms with Gasteiger partial charge in [-0.15, -0.1) is 0 Å². The van der Waals surface area contributed by atoms with Crippen molar-refractivity contribution < 1.29 is 13.2 Å². The van der Waals surface area contributed by atoms with Crippen molar-refractivity contribution in [3.63, 3.8) is 0 Å². The minimum Gasteiger partial charge on any atom is -0.315 e. The molecule has 106 valence electrons. The minimum atomic E-state index is -4.36. The van der Waals surface area contributed by atoms with Crippen LogP contribution in [0.3, 0.4) is 0 Å². The average molecular weight is 346 g/mol. The van der Waals surface area contributed by atoms with Crippen LogP contribution in [0.2, 0.25) is 0 Å². The fourth-order valence-corrected chi connectivity index (χ4v) is 2.68. The molecule has 7 heteroatoms. The first-order valence-corrected chi connectivity index (χ1v) is 6.85. The zero-order chi connectivity index (χ0) is 14.3. The number of hydrogen-bond acceptors (Lipinski definition) is 2. The second kappa shape index (κ2) is 4.89. The van der Waals surface area contributed by atoms with E-state index in [1.807, 2.05) is 0 Å². The van der Waals surface area contributed by atoms with Crippen molar-refractivity contribution in [1.29, 1.82) is 0 Å². The molecule has 1 aliphatic heterocycles. The Morgan fingerprint density at radius 1 is 1.25 bits per heavy atom. The molecule has 0 atom stereocenters. The number of imidazole rings is 1. The Balaban J connectivity index is 2.06. The summed E-state index contributed by atoms with van der Waals surface area (Å²) in [5.74, 6) is 0.297. The highest BCUT2D eigenvalue weighted by Crippen LogP contribution is 2.33. The van der Waals surface area contributed by atoms with Gasteiger partial charge in [-0.3, -0.25) is 0 Å². The van der Waals surface area contributed by atoms with Gasteiger partial charge in [0.2, 0.25) is 0 Å². The van der Waals surface area contributed by atoms with Crippen molar-refractivity contribution in [2.24, 2.45) is 0 Å². The molecule has 3 nitrogen and oxygen atoms in total. The fourth-order valence-electron chi connectivity index (χ4n) is 2.20. The van der Waals surface area contributed by atoms with Gasteiger partial charge in [-0.1, -0.05) is 15.9 Å². The van der Waals surface area contributed by atoms with Gasteiger partial charge in [-0.25, -0.2) is 4.98 Å². The zero-order valence-corrected chi connectivity index (χ0v) is 11.9. The van der Waals surface area contributed by atoms with Gasteiger partial charge in [0.15, 0.2) is 0 Å². The molecule has 0 radical (unpaired) electrons. The van der Waals surface area contributed by atoms with Gasteiger partial charge in [-0.05, 0) is 18.2 Å². The Morgan fingerprint density at radius 3 is 2.60 bits per heavy atom. The number of halogens is 4. The maximum Gasteiger partial charge on any atom is 0.416 e. The quantitative estimate of drug-likeness (QED) is 0.904. The van der Waals surface area contributed by atoms with Crippen LogP contribution >= 0.6 is 15.9 Å². The lowest BCUT2D eigenvalue weighted by atomic mass is 9.99. The molecule has 1 aliphatic rings. The molecule has 1 saturated heterocycles. The van der Waals surface area contributed by atoms with Crippen LogP contribution < -0.4 is 5.32 Å². The molecule has 1 aromatic heterocycles. The standard InChI is InChI=1S/C13H11BrF3N3/c14-10-1-9(13(15,16)17)2-11(3-10)20-7-19-6-12(20)8-4-18-5-8/h1-3,6-8,18H,4-5H2. The van der Waals surface area contributed by atoms with Crippen LogP contribution in [0.25, 0.3) is 5.69 Å². The first kappa shape index (κ1) is 13.6. The molecule has 1 aromatic carbocycles. The predicted octanol–water partition coefficient (Wildman–Crippen LogP) is 3.34. The van der Waals surface area contributed by atoms with E-state index in [-0.39, 0.29) is 0 Å². The molecule has 0 aliphatic carbocycles. The van der Waals surface area contributed by atoms with Crippen LogP contribution in [0.5, 0.6) is 0 Å². The van der Waals surface area contributed by atoms with Crippen LogP contribution in [0.4, 0.5) is 13.2 Å². The molecule has 2 heterocycles. The molecule has 0 spiro atoms. The van der Waals surface area contributed by atoms with Crippen molar-refractivity contribution >= 4 is 15.9 Å². The SMILES string of the molecule is FC(F)(F)c1cc(Br)cc(-n2cncc2C2CNC2)c1. The summed E-state index contributed by atoms with van der Waals surface area (Å²) in [6, 6.07) is 3.87. The molecule has 1 fully saturated rings. The molecular formula is C13H11BrF3N3. The van der Waals surface area contributed by atoms with E-state index in [9.17, 15) is 13.2 Å². The molecule has 0 saturated carbocycles. The third-order valence-corrected chi connectivity index (χ3v) is 3.81. The topological polar surface area (TPSA) is 29.9 Å². The van der Waals surface area contributed by atoms with E-state index in [1.165, 1.54) is 0 Å². The average Bonchev–Trinajstić information content (AvgIpc) is 2.73. The van der Waals surface area contributed by atoms with E-state index >= 15 is 0 Å². The van der Waals surface area contributed by atoms with Gasteiger partial charge < -0.3 is 9.88 Å². The second-order valence-electron chi connectivity index (χ2n) is 4.74. The first-order chi connectivity index (χ1) is 9.45. The van der Waals surface area contributed by atoms with Gasteiger partial charge in [0.1, 0.15) is 0 Å².